The highest BCUT2D eigenvalue weighted by Crippen LogP contribution is 2.18. The number of sulfone groups is 1. The standard InChI is InChI=1S/C17H19NO5S2/c1-2-25(21,22)15-8-4-3-7-14(15)17(20)23-12-16(19)18-10-9-13-6-5-11-24-13/h3-8,11H,2,9-10,12H2,1H3,(H,18,19). The maximum atomic E-state index is 12.1. The van der Waals surface area contributed by atoms with Crippen LogP contribution in [-0.2, 0) is 25.8 Å². The van der Waals surface area contributed by atoms with Gasteiger partial charge in [-0.1, -0.05) is 25.1 Å². The topological polar surface area (TPSA) is 89.5 Å². The molecular weight excluding hydrogens is 362 g/mol. The number of esters is 1. The van der Waals surface area contributed by atoms with Crippen molar-refractivity contribution in [3.05, 3.63) is 52.2 Å². The second kappa shape index (κ2) is 8.77. The van der Waals surface area contributed by atoms with Crippen LogP contribution in [0.25, 0.3) is 0 Å². The number of carbonyl (C=O) groups excluding carboxylic acids is 2. The van der Waals surface area contributed by atoms with Gasteiger partial charge in [0.15, 0.2) is 16.4 Å². The summed E-state index contributed by atoms with van der Waals surface area (Å²) in [6.45, 7) is 1.49. The average Bonchev–Trinajstić information content (AvgIpc) is 3.13. The van der Waals surface area contributed by atoms with Gasteiger partial charge in [-0.05, 0) is 30.0 Å². The molecule has 1 amide bonds. The third-order valence-electron chi connectivity index (χ3n) is 3.43. The highest BCUT2D eigenvalue weighted by molar-refractivity contribution is 7.91. The van der Waals surface area contributed by atoms with E-state index in [1.54, 1.807) is 17.4 Å². The molecule has 6 nitrogen and oxygen atoms in total. The van der Waals surface area contributed by atoms with Gasteiger partial charge in [0.25, 0.3) is 5.91 Å². The van der Waals surface area contributed by atoms with Crippen LogP contribution in [0.1, 0.15) is 22.2 Å². The summed E-state index contributed by atoms with van der Waals surface area (Å²) in [7, 11) is -3.55. The normalized spacial score (nSPS) is 11.1. The van der Waals surface area contributed by atoms with Gasteiger partial charge < -0.3 is 10.1 Å². The monoisotopic (exact) mass is 381 g/mol. The Balaban J connectivity index is 1.89. The fourth-order valence-electron chi connectivity index (χ4n) is 2.10. The summed E-state index contributed by atoms with van der Waals surface area (Å²) in [4.78, 5) is 24.9. The lowest BCUT2D eigenvalue weighted by molar-refractivity contribution is -0.124. The minimum Gasteiger partial charge on any atom is -0.452 e. The van der Waals surface area contributed by atoms with Crippen LogP contribution in [-0.4, -0.2) is 39.2 Å². The number of benzene rings is 1. The van der Waals surface area contributed by atoms with Gasteiger partial charge in [-0.15, -0.1) is 11.3 Å². The predicted molar refractivity (Wildman–Crippen MR) is 95.5 cm³/mol. The SMILES string of the molecule is CCS(=O)(=O)c1ccccc1C(=O)OCC(=O)NCCc1cccs1. The van der Waals surface area contributed by atoms with Gasteiger partial charge in [-0.25, -0.2) is 13.2 Å². The largest absolute Gasteiger partial charge is 0.452 e. The summed E-state index contributed by atoms with van der Waals surface area (Å²) >= 11 is 1.60. The molecule has 0 saturated carbocycles. The summed E-state index contributed by atoms with van der Waals surface area (Å²) < 4.78 is 29.0. The molecule has 0 fully saturated rings. The van der Waals surface area contributed by atoms with Crippen LogP contribution >= 0.6 is 11.3 Å². The number of ether oxygens (including phenoxy) is 1. The van der Waals surface area contributed by atoms with Crippen molar-refractivity contribution in [3.63, 3.8) is 0 Å². The first-order valence-corrected chi connectivity index (χ1v) is 10.2. The van der Waals surface area contributed by atoms with Crippen LogP contribution in [0.3, 0.4) is 0 Å². The molecule has 0 aliphatic heterocycles. The molecule has 0 saturated heterocycles. The van der Waals surface area contributed by atoms with E-state index >= 15 is 0 Å². The lowest BCUT2D eigenvalue weighted by Gasteiger charge is -2.09. The van der Waals surface area contributed by atoms with Crippen molar-refractivity contribution < 1.29 is 22.7 Å². The maximum absolute atomic E-state index is 12.1. The zero-order valence-electron chi connectivity index (χ0n) is 13.7. The average molecular weight is 381 g/mol. The van der Waals surface area contributed by atoms with Crippen molar-refractivity contribution >= 4 is 33.1 Å². The summed E-state index contributed by atoms with van der Waals surface area (Å²) in [5, 5.41) is 4.62. The zero-order chi connectivity index (χ0) is 18.3. The number of carbonyl (C=O) groups is 2. The first-order chi connectivity index (χ1) is 11.9. The maximum Gasteiger partial charge on any atom is 0.339 e. The molecule has 2 rings (SSSR count). The Hall–Kier alpha value is -2.19. The van der Waals surface area contributed by atoms with E-state index < -0.39 is 28.3 Å². The van der Waals surface area contributed by atoms with Crippen LogP contribution in [0.15, 0.2) is 46.7 Å². The smallest absolute Gasteiger partial charge is 0.339 e. The van der Waals surface area contributed by atoms with Gasteiger partial charge >= 0.3 is 5.97 Å². The quantitative estimate of drug-likeness (QED) is 0.707. The highest BCUT2D eigenvalue weighted by atomic mass is 32.2. The van der Waals surface area contributed by atoms with Gasteiger partial charge in [-0.2, -0.15) is 0 Å². The Morgan fingerprint density at radius 1 is 1.16 bits per heavy atom. The zero-order valence-corrected chi connectivity index (χ0v) is 15.4. The minimum absolute atomic E-state index is 0.0595. The number of thiophene rings is 1. The molecule has 8 heteroatoms. The van der Waals surface area contributed by atoms with Crippen molar-refractivity contribution in [3.8, 4) is 0 Å². The highest BCUT2D eigenvalue weighted by Gasteiger charge is 2.22. The molecule has 1 heterocycles. The van der Waals surface area contributed by atoms with Crippen LogP contribution < -0.4 is 5.32 Å². The van der Waals surface area contributed by atoms with Gasteiger partial charge in [-0.3, -0.25) is 4.79 Å². The molecule has 0 bridgehead atoms. The fraction of sp³-hybridized carbons (Fsp3) is 0.294. The molecular formula is C17H19NO5S2. The molecule has 0 aliphatic carbocycles. The van der Waals surface area contributed by atoms with Crippen LogP contribution in [0.4, 0.5) is 0 Å². The number of amides is 1. The summed E-state index contributed by atoms with van der Waals surface area (Å²) in [5.74, 6) is -1.39. The molecule has 1 aromatic carbocycles. The third-order valence-corrected chi connectivity index (χ3v) is 6.15. The fourth-order valence-corrected chi connectivity index (χ4v) is 3.89. The lowest BCUT2D eigenvalue weighted by atomic mass is 10.2. The van der Waals surface area contributed by atoms with E-state index in [1.165, 1.54) is 25.1 Å². The summed E-state index contributed by atoms with van der Waals surface area (Å²) in [5.41, 5.74) is -0.0595. The molecule has 0 radical (unpaired) electrons. The van der Waals surface area contributed by atoms with E-state index in [4.69, 9.17) is 4.74 Å². The predicted octanol–water partition coefficient (Wildman–Crippen LogP) is 2.06. The van der Waals surface area contributed by atoms with Crippen LogP contribution in [0.2, 0.25) is 0 Å². The van der Waals surface area contributed by atoms with Crippen LogP contribution in [0.5, 0.6) is 0 Å². The third kappa shape index (κ3) is 5.40. The Morgan fingerprint density at radius 2 is 1.92 bits per heavy atom. The second-order valence-corrected chi connectivity index (χ2v) is 8.43. The molecule has 2 aromatic rings. The number of rotatable bonds is 8. The number of nitrogens with one attached hydrogen (secondary N) is 1. The summed E-state index contributed by atoms with van der Waals surface area (Å²) in [6, 6.07) is 9.73. The van der Waals surface area contributed by atoms with Gasteiger partial charge in [0.1, 0.15) is 0 Å². The van der Waals surface area contributed by atoms with E-state index in [0.717, 1.165) is 4.88 Å². The minimum atomic E-state index is -3.55. The molecule has 0 atom stereocenters. The van der Waals surface area contributed by atoms with Gasteiger partial charge in [0.05, 0.1) is 16.2 Å². The molecule has 0 spiro atoms. The van der Waals surface area contributed by atoms with Crippen LogP contribution in [0, 0.1) is 0 Å². The van der Waals surface area contributed by atoms with Gasteiger partial charge in [0, 0.05) is 11.4 Å². The summed E-state index contributed by atoms with van der Waals surface area (Å²) in [6.07, 6.45) is 0.703. The van der Waals surface area contributed by atoms with Crippen molar-refractivity contribution in [1.29, 1.82) is 0 Å². The van der Waals surface area contributed by atoms with Crippen molar-refractivity contribution in [1.82, 2.24) is 5.32 Å². The Labute approximate surface area is 150 Å². The molecule has 25 heavy (non-hydrogen) atoms. The molecule has 1 N–H and O–H groups in total. The number of hydrogen-bond acceptors (Lipinski definition) is 6. The Kier molecular flexibility index (Phi) is 6.72. The van der Waals surface area contributed by atoms with Crippen molar-refractivity contribution in [2.75, 3.05) is 18.9 Å². The molecule has 0 aliphatic rings. The van der Waals surface area contributed by atoms with E-state index in [0.29, 0.717) is 13.0 Å². The van der Waals surface area contributed by atoms with Crippen molar-refractivity contribution in [2.24, 2.45) is 0 Å². The molecule has 134 valence electrons. The van der Waals surface area contributed by atoms with E-state index in [9.17, 15) is 18.0 Å². The van der Waals surface area contributed by atoms with E-state index in [1.807, 2.05) is 17.5 Å². The first-order valence-electron chi connectivity index (χ1n) is 7.72. The lowest BCUT2D eigenvalue weighted by Crippen LogP contribution is -2.30. The van der Waals surface area contributed by atoms with Gasteiger partial charge in [0.2, 0.25) is 0 Å². The van der Waals surface area contributed by atoms with Crippen molar-refractivity contribution in [2.45, 2.75) is 18.2 Å². The first kappa shape index (κ1) is 19.1. The Morgan fingerprint density at radius 3 is 2.60 bits per heavy atom. The number of hydrogen-bond donors (Lipinski definition) is 1. The molecule has 0 unspecified atom stereocenters. The molecule has 1 aromatic heterocycles. The second-order valence-electron chi connectivity index (χ2n) is 5.16. The van der Waals surface area contributed by atoms with E-state index in [2.05, 4.69) is 5.32 Å². The Bertz CT molecular complexity index is 828. The van der Waals surface area contributed by atoms with E-state index in [-0.39, 0.29) is 16.2 Å².